The van der Waals surface area contributed by atoms with Crippen LogP contribution in [-0.4, -0.2) is 32.9 Å². The molecule has 0 aromatic rings. The van der Waals surface area contributed by atoms with Crippen LogP contribution in [0, 0.1) is 0 Å². The maximum absolute atomic E-state index is 11.9. The van der Waals surface area contributed by atoms with Crippen LogP contribution < -0.4 is 0 Å². The average molecular weight is 260 g/mol. The molecule has 3 nitrogen and oxygen atoms in total. The van der Waals surface area contributed by atoms with Gasteiger partial charge in [-0.15, -0.1) is 6.58 Å². The van der Waals surface area contributed by atoms with Gasteiger partial charge in [-0.25, -0.2) is 0 Å². The summed E-state index contributed by atoms with van der Waals surface area (Å²) in [6.07, 6.45) is -5.42. The van der Waals surface area contributed by atoms with E-state index in [9.17, 15) is 22.8 Å². The number of rotatable bonds is 5. The average Bonchev–Trinajstić information content (AvgIpc) is 1.98. The predicted octanol–water partition coefficient (Wildman–Crippen LogP) is 1.81. The van der Waals surface area contributed by atoms with E-state index in [2.05, 4.69) is 6.58 Å². The maximum atomic E-state index is 11.9. The third-order valence-corrected chi connectivity index (χ3v) is 7.02. The van der Waals surface area contributed by atoms with E-state index < -0.39 is 35.8 Å². The Labute approximate surface area is 88.7 Å². The fourth-order valence-electron chi connectivity index (χ4n) is 0.912. The zero-order chi connectivity index (χ0) is 12.3. The first-order valence-corrected chi connectivity index (χ1v) is 9.32. The molecule has 0 spiro atoms. The van der Waals surface area contributed by atoms with Gasteiger partial charge in [0.1, 0.15) is 0 Å². The number of alkyl halides is 3. The molecule has 0 saturated heterocycles. The third-order valence-electron chi connectivity index (χ3n) is 1.68. The molecule has 0 heterocycles. The van der Waals surface area contributed by atoms with Crippen molar-refractivity contribution in [3.63, 3.8) is 0 Å². The molecule has 0 aliphatic carbocycles. The van der Waals surface area contributed by atoms with Crippen LogP contribution in [0.1, 0.15) is 6.42 Å². The lowest BCUT2D eigenvalue weighted by Crippen LogP contribution is -2.48. The maximum Gasteiger partial charge on any atom is 0.389 e. The van der Waals surface area contributed by atoms with Crippen molar-refractivity contribution in [1.29, 1.82) is 0 Å². The van der Waals surface area contributed by atoms with Gasteiger partial charge in [0, 0.05) is 6.42 Å². The van der Waals surface area contributed by atoms with Gasteiger partial charge in [0.05, 0.1) is 0 Å². The van der Waals surface area contributed by atoms with Crippen LogP contribution in [0.4, 0.5) is 13.2 Å². The van der Waals surface area contributed by atoms with E-state index in [1.54, 1.807) is 0 Å². The highest BCUT2D eigenvalue weighted by Crippen LogP contribution is 2.26. The molecule has 0 aromatic heterocycles. The fourth-order valence-corrected chi connectivity index (χ4v) is 5.96. The Bertz CT molecular complexity index is 228. The smallest absolute Gasteiger partial charge is 0.389 e. The summed E-state index contributed by atoms with van der Waals surface area (Å²) in [6.45, 7) is 5.87. The van der Waals surface area contributed by atoms with E-state index in [1.807, 2.05) is 0 Å². The summed E-state index contributed by atoms with van der Waals surface area (Å²) >= 11 is 0. The SMILES string of the molecule is C=C[Si](C)(O)O[Si](C)(O)CCC(F)(F)F. The second-order valence-electron chi connectivity index (χ2n) is 3.65. The van der Waals surface area contributed by atoms with E-state index >= 15 is 0 Å². The summed E-state index contributed by atoms with van der Waals surface area (Å²) in [4.78, 5) is 19.1. The summed E-state index contributed by atoms with van der Waals surface area (Å²) < 4.78 is 40.6. The van der Waals surface area contributed by atoms with Crippen molar-refractivity contribution in [2.45, 2.75) is 31.7 Å². The second-order valence-corrected chi connectivity index (χ2v) is 9.84. The molecule has 0 amide bonds. The van der Waals surface area contributed by atoms with Crippen molar-refractivity contribution in [2.24, 2.45) is 0 Å². The summed E-state index contributed by atoms with van der Waals surface area (Å²) in [5.41, 5.74) is 1.15. The standard InChI is InChI=1S/C7H15F3O3Si2/c1-4-14(2,11)13-15(3,12)6-5-7(8,9)10/h4,11-12H,1,5-6H2,2-3H3. The molecule has 2 unspecified atom stereocenters. The van der Waals surface area contributed by atoms with Crippen molar-refractivity contribution in [3.05, 3.63) is 12.3 Å². The first kappa shape index (κ1) is 14.8. The highest BCUT2D eigenvalue weighted by molar-refractivity contribution is 6.81. The predicted molar refractivity (Wildman–Crippen MR) is 54.4 cm³/mol. The quantitative estimate of drug-likeness (QED) is 0.741. The normalized spacial score (nSPS) is 20.5. The van der Waals surface area contributed by atoms with Gasteiger partial charge in [0.15, 0.2) is 0 Å². The Morgan fingerprint density at radius 2 is 1.80 bits per heavy atom. The molecule has 8 heteroatoms. The van der Waals surface area contributed by atoms with Crippen molar-refractivity contribution in [2.75, 3.05) is 0 Å². The van der Waals surface area contributed by atoms with Crippen LogP contribution in [0.2, 0.25) is 19.1 Å². The minimum absolute atomic E-state index is 0.479. The van der Waals surface area contributed by atoms with Crippen LogP contribution in [0.25, 0.3) is 0 Å². The van der Waals surface area contributed by atoms with Gasteiger partial charge in [-0.05, 0) is 19.1 Å². The topological polar surface area (TPSA) is 49.7 Å². The molecule has 0 fully saturated rings. The Balaban J connectivity index is 4.25. The molecule has 0 bridgehead atoms. The Kier molecular flexibility index (Phi) is 4.74. The van der Waals surface area contributed by atoms with E-state index in [4.69, 9.17) is 4.12 Å². The number of hydrogen-bond donors (Lipinski definition) is 2. The van der Waals surface area contributed by atoms with Crippen LogP contribution in [0.5, 0.6) is 0 Å². The molecular weight excluding hydrogens is 245 g/mol. The highest BCUT2D eigenvalue weighted by Gasteiger charge is 2.40. The largest absolute Gasteiger partial charge is 0.412 e. The van der Waals surface area contributed by atoms with Crippen molar-refractivity contribution >= 4 is 17.1 Å². The molecule has 90 valence electrons. The summed E-state index contributed by atoms with van der Waals surface area (Å²) in [6, 6.07) is -0.479. The molecule has 0 aliphatic rings. The summed E-state index contributed by atoms with van der Waals surface area (Å²) in [7, 11) is -6.65. The first-order chi connectivity index (χ1) is 6.47. The molecular formula is C7H15F3O3Si2. The Morgan fingerprint density at radius 1 is 1.33 bits per heavy atom. The minimum Gasteiger partial charge on any atom is -0.412 e. The summed E-state index contributed by atoms with van der Waals surface area (Å²) in [5, 5.41) is 0. The number of halogens is 3. The molecule has 0 saturated carbocycles. The van der Waals surface area contributed by atoms with Crippen molar-refractivity contribution in [1.82, 2.24) is 0 Å². The lowest BCUT2D eigenvalue weighted by atomic mass is 10.5. The number of hydrogen-bond acceptors (Lipinski definition) is 3. The van der Waals surface area contributed by atoms with E-state index in [1.165, 1.54) is 13.1 Å². The van der Waals surface area contributed by atoms with Crippen LogP contribution >= 0.6 is 0 Å². The van der Waals surface area contributed by atoms with Gasteiger partial charge in [0.2, 0.25) is 0 Å². The second kappa shape index (κ2) is 4.79. The van der Waals surface area contributed by atoms with Gasteiger partial charge < -0.3 is 13.7 Å². The van der Waals surface area contributed by atoms with E-state index in [0.717, 1.165) is 5.70 Å². The molecule has 0 radical (unpaired) electrons. The van der Waals surface area contributed by atoms with Gasteiger partial charge in [-0.1, -0.05) is 5.70 Å². The Hall–Kier alpha value is -0.156. The van der Waals surface area contributed by atoms with Crippen molar-refractivity contribution < 1.29 is 26.9 Å². The first-order valence-electron chi connectivity index (χ1n) is 4.33. The van der Waals surface area contributed by atoms with Gasteiger partial charge in [-0.2, -0.15) is 13.2 Å². The molecule has 2 N–H and O–H groups in total. The van der Waals surface area contributed by atoms with Gasteiger partial charge in [-0.3, -0.25) is 0 Å². The zero-order valence-electron chi connectivity index (χ0n) is 8.64. The third kappa shape index (κ3) is 7.74. The van der Waals surface area contributed by atoms with Crippen LogP contribution in [-0.2, 0) is 4.12 Å². The van der Waals surface area contributed by atoms with Crippen LogP contribution in [0.3, 0.4) is 0 Å². The molecule has 0 aliphatic heterocycles. The monoisotopic (exact) mass is 260 g/mol. The van der Waals surface area contributed by atoms with Gasteiger partial charge in [0.25, 0.3) is 0 Å². The Morgan fingerprint density at radius 3 is 2.13 bits per heavy atom. The van der Waals surface area contributed by atoms with Gasteiger partial charge >= 0.3 is 23.3 Å². The molecule has 2 atom stereocenters. The highest BCUT2D eigenvalue weighted by atomic mass is 28.5. The fraction of sp³-hybridized carbons (Fsp3) is 0.714. The van der Waals surface area contributed by atoms with E-state index in [-0.39, 0.29) is 0 Å². The lowest BCUT2D eigenvalue weighted by molar-refractivity contribution is -0.131. The van der Waals surface area contributed by atoms with E-state index in [0.29, 0.717) is 0 Å². The molecule has 15 heavy (non-hydrogen) atoms. The lowest BCUT2D eigenvalue weighted by Gasteiger charge is -2.28. The molecule has 0 rings (SSSR count). The van der Waals surface area contributed by atoms with Crippen molar-refractivity contribution in [3.8, 4) is 0 Å². The summed E-state index contributed by atoms with van der Waals surface area (Å²) in [5.74, 6) is 0. The van der Waals surface area contributed by atoms with Crippen LogP contribution in [0.15, 0.2) is 12.3 Å². The minimum atomic E-state index is -4.32. The zero-order valence-corrected chi connectivity index (χ0v) is 10.6. The molecule has 0 aromatic carbocycles.